The van der Waals surface area contributed by atoms with Crippen LogP contribution in [-0.2, 0) is 45.5 Å². The zero-order valence-corrected chi connectivity index (χ0v) is 9.16. The maximum absolute atomic E-state index is 11.4. The standard InChI is InChI=1S/C3H5F3O4S.Zr/c1-2-9-10-11(7,8)3(4,5)6;/h2H2,1H3;. The third kappa shape index (κ3) is 4.54. The van der Waals surface area contributed by atoms with Crippen LogP contribution in [0.5, 0.6) is 0 Å². The number of rotatable bonds is 3. The fraction of sp³-hybridized carbons (Fsp3) is 1.00. The molecule has 0 aliphatic rings. The van der Waals surface area contributed by atoms with Gasteiger partial charge in [-0.25, -0.2) is 4.89 Å². The van der Waals surface area contributed by atoms with Crippen LogP contribution in [0.4, 0.5) is 13.2 Å². The van der Waals surface area contributed by atoms with Crippen molar-refractivity contribution in [1.29, 1.82) is 0 Å². The quantitative estimate of drug-likeness (QED) is 0.437. The summed E-state index contributed by atoms with van der Waals surface area (Å²) < 4.78 is 57.1. The van der Waals surface area contributed by atoms with Gasteiger partial charge in [0.15, 0.2) is 0 Å². The number of hydrogen-bond acceptors (Lipinski definition) is 4. The van der Waals surface area contributed by atoms with Crippen molar-refractivity contribution in [1.82, 2.24) is 0 Å². The predicted molar refractivity (Wildman–Crippen MR) is 27.7 cm³/mol. The molecule has 0 N–H and O–H groups in total. The van der Waals surface area contributed by atoms with Crippen LogP contribution in [0.3, 0.4) is 0 Å². The van der Waals surface area contributed by atoms with Crippen LogP contribution < -0.4 is 0 Å². The van der Waals surface area contributed by atoms with Crippen molar-refractivity contribution in [3.63, 3.8) is 0 Å². The number of halogens is 3. The SMILES string of the molecule is CCOOS(=O)(=O)C(F)(F)F.[Zr]. The zero-order valence-electron chi connectivity index (χ0n) is 5.88. The van der Waals surface area contributed by atoms with Gasteiger partial charge in [0.2, 0.25) is 0 Å². The zero-order chi connectivity index (χ0) is 9.12. The molecule has 12 heavy (non-hydrogen) atoms. The third-order valence-corrected chi connectivity index (χ3v) is 1.38. The van der Waals surface area contributed by atoms with Gasteiger partial charge in [-0.15, -0.1) is 0 Å². The summed E-state index contributed by atoms with van der Waals surface area (Å²) in [5, 5.41) is 0. The van der Waals surface area contributed by atoms with Gasteiger partial charge in [0.1, 0.15) is 0 Å². The van der Waals surface area contributed by atoms with Crippen molar-refractivity contribution in [2.45, 2.75) is 12.4 Å². The van der Waals surface area contributed by atoms with Crippen LogP contribution >= 0.6 is 0 Å². The third-order valence-electron chi connectivity index (χ3n) is 0.539. The molecule has 9 heteroatoms. The van der Waals surface area contributed by atoms with Gasteiger partial charge in [0.25, 0.3) is 0 Å². The summed E-state index contributed by atoms with van der Waals surface area (Å²) in [4.78, 5) is 3.62. The Morgan fingerprint density at radius 1 is 1.33 bits per heavy atom. The molecule has 4 nitrogen and oxygen atoms in total. The van der Waals surface area contributed by atoms with Crippen LogP contribution in [0.1, 0.15) is 6.92 Å². The first-order valence-corrected chi connectivity index (χ1v) is 3.84. The molecule has 0 unspecified atom stereocenters. The maximum Gasteiger partial charge on any atom is 0.525 e. The average Bonchev–Trinajstić information content (AvgIpc) is 1.81. The Morgan fingerprint density at radius 2 is 1.75 bits per heavy atom. The second-order valence-corrected chi connectivity index (χ2v) is 2.88. The molecule has 0 spiro atoms. The second-order valence-electron chi connectivity index (χ2n) is 1.37. The normalized spacial score (nSPS) is 12.3. The molecule has 0 aromatic rings. The summed E-state index contributed by atoms with van der Waals surface area (Å²) in [6.07, 6.45) is 0. The van der Waals surface area contributed by atoms with Gasteiger partial charge in [-0.2, -0.15) is 21.6 Å². The van der Waals surface area contributed by atoms with Gasteiger partial charge in [-0.05, 0) is 6.92 Å². The Hall–Kier alpha value is 0.543. The summed E-state index contributed by atoms with van der Waals surface area (Å²) >= 11 is 0. The summed E-state index contributed by atoms with van der Waals surface area (Å²) in [6.45, 7) is 1.00. The molecule has 72 valence electrons. The molecule has 0 rings (SSSR count). The smallest absolute Gasteiger partial charge is 0.220 e. The molecular weight excluding hydrogens is 280 g/mol. The molecular formula is C3H5F3O4SZr. The van der Waals surface area contributed by atoms with E-state index in [-0.39, 0.29) is 32.8 Å². The van der Waals surface area contributed by atoms with E-state index in [4.69, 9.17) is 0 Å². The Morgan fingerprint density at radius 3 is 2.00 bits per heavy atom. The fourth-order valence-corrected chi connectivity index (χ4v) is 0.450. The monoisotopic (exact) mass is 284 g/mol. The van der Waals surface area contributed by atoms with Crippen LogP contribution in [0, 0.1) is 0 Å². The molecule has 0 aromatic carbocycles. The Kier molecular flexibility index (Phi) is 6.65. The van der Waals surface area contributed by atoms with E-state index in [2.05, 4.69) is 9.22 Å². The summed E-state index contributed by atoms with van der Waals surface area (Å²) in [5.41, 5.74) is -5.43. The molecule has 0 atom stereocenters. The molecule has 0 amide bonds. The largest absolute Gasteiger partial charge is 0.525 e. The van der Waals surface area contributed by atoms with E-state index in [1.807, 2.05) is 0 Å². The van der Waals surface area contributed by atoms with Crippen molar-refractivity contribution >= 4 is 10.1 Å². The summed E-state index contributed by atoms with van der Waals surface area (Å²) in [6, 6.07) is 0. The first-order chi connectivity index (χ1) is 4.81. The molecule has 0 bridgehead atoms. The molecule has 0 aromatic heterocycles. The molecule has 0 saturated carbocycles. The van der Waals surface area contributed by atoms with E-state index in [9.17, 15) is 21.6 Å². The van der Waals surface area contributed by atoms with Crippen LogP contribution in [0.25, 0.3) is 0 Å². The molecule has 0 heterocycles. The summed E-state index contributed by atoms with van der Waals surface area (Å²) in [7, 11) is -5.58. The minimum absolute atomic E-state index is 0. The number of hydrogen-bond donors (Lipinski definition) is 0. The van der Waals surface area contributed by atoms with Gasteiger partial charge in [-0.3, -0.25) is 0 Å². The van der Waals surface area contributed by atoms with Crippen molar-refractivity contribution in [3.05, 3.63) is 0 Å². The van der Waals surface area contributed by atoms with Crippen LogP contribution in [0.15, 0.2) is 0 Å². The Labute approximate surface area is 86.2 Å². The first kappa shape index (κ1) is 15.0. The van der Waals surface area contributed by atoms with Crippen molar-refractivity contribution in [3.8, 4) is 0 Å². The van der Waals surface area contributed by atoms with E-state index in [0.717, 1.165) is 0 Å². The molecule has 0 saturated heterocycles. The van der Waals surface area contributed by atoms with Crippen molar-refractivity contribution in [2.24, 2.45) is 0 Å². The van der Waals surface area contributed by atoms with Gasteiger partial charge < -0.3 is 0 Å². The molecule has 0 fully saturated rings. The summed E-state index contributed by atoms with van der Waals surface area (Å²) in [5.74, 6) is 0. The Balaban J connectivity index is 0. The van der Waals surface area contributed by atoms with Gasteiger partial charge in [-0.1, -0.05) is 4.33 Å². The average molecular weight is 285 g/mol. The van der Waals surface area contributed by atoms with Gasteiger partial charge >= 0.3 is 15.6 Å². The van der Waals surface area contributed by atoms with Gasteiger partial charge in [0.05, 0.1) is 6.61 Å². The minimum Gasteiger partial charge on any atom is -0.220 e. The topological polar surface area (TPSA) is 52.6 Å². The number of alkyl halides is 3. The van der Waals surface area contributed by atoms with E-state index in [1.54, 1.807) is 0 Å². The van der Waals surface area contributed by atoms with Crippen molar-refractivity contribution in [2.75, 3.05) is 6.61 Å². The second kappa shape index (κ2) is 5.31. The van der Waals surface area contributed by atoms with E-state index in [1.165, 1.54) is 6.92 Å². The molecule has 0 aliphatic heterocycles. The minimum atomic E-state index is -5.58. The van der Waals surface area contributed by atoms with Crippen molar-refractivity contribution < 1.29 is 57.0 Å². The van der Waals surface area contributed by atoms with Crippen LogP contribution in [-0.4, -0.2) is 20.5 Å². The van der Waals surface area contributed by atoms with Crippen LogP contribution in [0.2, 0.25) is 0 Å². The molecule has 0 radical (unpaired) electrons. The van der Waals surface area contributed by atoms with E-state index in [0.29, 0.717) is 0 Å². The van der Waals surface area contributed by atoms with Gasteiger partial charge in [0, 0.05) is 26.2 Å². The first-order valence-electron chi connectivity index (χ1n) is 2.43. The van der Waals surface area contributed by atoms with E-state index >= 15 is 0 Å². The molecule has 0 aliphatic carbocycles. The Bertz CT molecular complexity index is 210. The maximum atomic E-state index is 11.4. The predicted octanol–water partition coefficient (Wildman–Crippen LogP) is 0.802. The fourth-order valence-electron chi connectivity index (χ4n) is 0.150. The van der Waals surface area contributed by atoms with E-state index < -0.39 is 15.6 Å².